The summed E-state index contributed by atoms with van der Waals surface area (Å²) < 4.78 is 5.15. The molecule has 116 valence electrons. The number of carboxylic acids is 1. The number of nitrogens with two attached hydrogens (primary N) is 1. The van der Waals surface area contributed by atoms with Gasteiger partial charge < -0.3 is 15.6 Å². The highest BCUT2D eigenvalue weighted by Gasteiger charge is 2.36. The van der Waals surface area contributed by atoms with Crippen molar-refractivity contribution >= 4 is 11.9 Å². The zero-order valence-electron chi connectivity index (χ0n) is 12.9. The van der Waals surface area contributed by atoms with Crippen LogP contribution in [-0.4, -0.2) is 28.7 Å². The normalized spacial score (nSPS) is 14.3. The number of aliphatic carboxylic acids is 1. The van der Waals surface area contributed by atoms with Crippen molar-refractivity contribution in [3.05, 3.63) is 35.4 Å². The largest absolute Gasteiger partial charge is 0.481 e. The fourth-order valence-electron chi connectivity index (χ4n) is 2.03. The number of aryl methyl sites for hydroxylation is 1. The number of hydrogen-bond acceptors (Lipinski definition) is 4. The van der Waals surface area contributed by atoms with Crippen molar-refractivity contribution in [2.45, 2.75) is 45.8 Å². The Hall–Kier alpha value is -1.88. The topological polar surface area (TPSA) is 89.6 Å². The van der Waals surface area contributed by atoms with Gasteiger partial charge in [-0.2, -0.15) is 0 Å². The van der Waals surface area contributed by atoms with E-state index >= 15 is 0 Å². The van der Waals surface area contributed by atoms with Gasteiger partial charge in [0.25, 0.3) is 0 Å². The van der Waals surface area contributed by atoms with Gasteiger partial charge in [-0.25, -0.2) is 0 Å². The Balaban J connectivity index is 2.88. The van der Waals surface area contributed by atoms with Crippen LogP contribution in [0, 0.1) is 12.8 Å². The van der Waals surface area contributed by atoms with Gasteiger partial charge in [0.1, 0.15) is 5.60 Å². The molecule has 0 radical (unpaired) electrons. The molecular weight excluding hydrogens is 270 g/mol. The van der Waals surface area contributed by atoms with E-state index in [4.69, 9.17) is 10.5 Å². The second-order valence-electron chi connectivity index (χ2n) is 6.14. The molecule has 0 spiro atoms. The van der Waals surface area contributed by atoms with Crippen LogP contribution in [0.2, 0.25) is 0 Å². The molecule has 0 fully saturated rings. The van der Waals surface area contributed by atoms with E-state index in [1.165, 1.54) is 0 Å². The molecule has 0 amide bonds. The van der Waals surface area contributed by atoms with Gasteiger partial charge in [0, 0.05) is 6.04 Å². The number of benzene rings is 1. The third kappa shape index (κ3) is 5.19. The van der Waals surface area contributed by atoms with E-state index in [2.05, 4.69) is 0 Å². The van der Waals surface area contributed by atoms with Crippen LogP contribution in [0.3, 0.4) is 0 Å². The van der Waals surface area contributed by atoms with Gasteiger partial charge in [-0.3, -0.25) is 9.59 Å². The van der Waals surface area contributed by atoms with Crippen molar-refractivity contribution in [2.75, 3.05) is 0 Å². The van der Waals surface area contributed by atoms with E-state index in [1.54, 1.807) is 20.8 Å². The molecule has 5 heteroatoms. The predicted octanol–water partition coefficient (Wildman–Crippen LogP) is 1.91. The predicted molar refractivity (Wildman–Crippen MR) is 79.8 cm³/mol. The first-order chi connectivity index (χ1) is 9.61. The number of rotatable bonds is 5. The van der Waals surface area contributed by atoms with Crippen LogP contribution < -0.4 is 5.73 Å². The number of esters is 1. The highest BCUT2D eigenvalue weighted by molar-refractivity contribution is 5.95. The molecule has 2 atom stereocenters. The first-order valence-electron chi connectivity index (χ1n) is 6.87. The molecule has 0 saturated heterocycles. The number of carboxylic acid groups (broad SMARTS) is 1. The molecule has 0 bridgehead atoms. The molecule has 1 rings (SSSR count). The van der Waals surface area contributed by atoms with E-state index < -0.39 is 29.5 Å². The number of carbonyl (C=O) groups is 2. The highest BCUT2D eigenvalue weighted by Crippen LogP contribution is 2.17. The minimum atomic E-state index is -1.37. The fourth-order valence-corrected chi connectivity index (χ4v) is 2.03. The molecule has 0 aliphatic rings. The van der Waals surface area contributed by atoms with Crippen LogP contribution >= 0.6 is 0 Å². The second kappa shape index (κ2) is 6.72. The molecule has 1 aromatic rings. The van der Waals surface area contributed by atoms with Crippen LogP contribution in [0.4, 0.5) is 0 Å². The maximum atomic E-state index is 12.0. The Morgan fingerprint density at radius 3 is 2.33 bits per heavy atom. The van der Waals surface area contributed by atoms with E-state index in [1.807, 2.05) is 31.2 Å². The Labute approximate surface area is 125 Å². The lowest BCUT2D eigenvalue weighted by Crippen LogP contribution is -2.45. The van der Waals surface area contributed by atoms with E-state index in [0.29, 0.717) is 6.42 Å². The van der Waals surface area contributed by atoms with Crippen molar-refractivity contribution < 1.29 is 19.4 Å². The quantitative estimate of drug-likeness (QED) is 0.639. The third-order valence-corrected chi connectivity index (χ3v) is 3.07. The summed E-state index contributed by atoms with van der Waals surface area (Å²) in [7, 11) is 0. The van der Waals surface area contributed by atoms with Gasteiger partial charge in [-0.1, -0.05) is 24.3 Å². The van der Waals surface area contributed by atoms with Crippen LogP contribution in [0.5, 0.6) is 0 Å². The molecule has 0 aromatic heterocycles. The molecule has 0 unspecified atom stereocenters. The lowest BCUT2D eigenvalue weighted by atomic mass is 9.92. The molecule has 5 nitrogen and oxygen atoms in total. The SMILES string of the molecule is Cc1ccccc1C[C@@H](N)[C@H](C(=O)O)C(=O)OC(C)(C)C. The summed E-state index contributed by atoms with van der Waals surface area (Å²) in [5, 5.41) is 9.28. The van der Waals surface area contributed by atoms with Crippen molar-refractivity contribution in [1.82, 2.24) is 0 Å². The molecule has 0 saturated carbocycles. The van der Waals surface area contributed by atoms with Gasteiger partial charge in [0.05, 0.1) is 0 Å². The Morgan fingerprint density at radius 1 is 1.29 bits per heavy atom. The third-order valence-electron chi connectivity index (χ3n) is 3.07. The summed E-state index contributed by atoms with van der Waals surface area (Å²) in [5.74, 6) is -3.43. The Kier molecular flexibility index (Phi) is 5.49. The average molecular weight is 293 g/mol. The number of carbonyl (C=O) groups excluding carboxylic acids is 1. The zero-order chi connectivity index (χ0) is 16.2. The molecule has 0 aliphatic heterocycles. The molecule has 0 aliphatic carbocycles. The smallest absolute Gasteiger partial charge is 0.322 e. The Bertz CT molecular complexity index is 519. The zero-order valence-corrected chi connectivity index (χ0v) is 12.9. The van der Waals surface area contributed by atoms with Gasteiger partial charge >= 0.3 is 11.9 Å². The number of hydrogen-bond donors (Lipinski definition) is 2. The molecule has 1 aromatic carbocycles. The van der Waals surface area contributed by atoms with Crippen LogP contribution in [0.25, 0.3) is 0 Å². The molecule has 21 heavy (non-hydrogen) atoms. The molecule has 3 N–H and O–H groups in total. The maximum absolute atomic E-state index is 12.0. The maximum Gasteiger partial charge on any atom is 0.322 e. The summed E-state index contributed by atoms with van der Waals surface area (Å²) in [6.45, 7) is 7.00. The standard InChI is InChI=1S/C16H23NO4/c1-10-7-5-6-8-11(10)9-12(17)13(14(18)19)15(20)21-16(2,3)4/h5-8,12-13H,9,17H2,1-4H3,(H,18,19)/t12-,13-/m1/s1. The summed E-state index contributed by atoms with van der Waals surface area (Å²) in [4.78, 5) is 23.4. The minimum absolute atomic E-state index is 0.308. The van der Waals surface area contributed by atoms with Gasteiger partial charge in [0.2, 0.25) is 0 Å². The lowest BCUT2D eigenvalue weighted by Gasteiger charge is -2.25. The highest BCUT2D eigenvalue weighted by atomic mass is 16.6. The minimum Gasteiger partial charge on any atom is -0.481 e. The first-order valence-corrected chi connectivity index (χ1v) is 6.87. The van der Waals surface area contributed by atoms with E-state index in [-0.39, 0.29) is 0 Å². The monoisotopic (exact) mass is 293 g/mol. The summed E-state index contributed by atoms with van der Waals surface area (Å²) in [5.41, 5.74) is 7.16. The van der Waals surface area contributed by atoms with Gasteiger partial charge in [-0.05, 0) is 45.2 Å². The first kappa shape index (κ1) is 17.2. The number of ether oxygens (including phenoxy) is 1. The molecule has 0 heterocycles. The summed E-state index contributed by atoms with van der Waals surface area (Å²) in [6.07, 6.45) is 0.308. The second-order valence-corrected chi connectivity index (χ2v) is 6.14. The summed E-state index contributed by atoms with van der Waals surface area (Å²) >= 11 is 0. The van der Waals surface area contributed by atoms with E-state index in [9.17, 15) is 14.7 Å². The van der Waals surface area contributed by atoms with E-state index in [0.717, 1.165) is 11.1 Å². The van der Waals surface area contributed by atoms with Crippen LogP contribution in [0.15, 0.2) is 24.3 Å². The van der Waals surface area contributed by atoms with Crippen molar-refractivity contribution in [2.24, 2.45) is 11.7 Å². The van der Waals surface area contributed by atoms with Crippen molar-refractivity contribution in [3.63, 3.8) is 0 Å². The van der Waals surface area contributed by atoms with Gasteiger partial charge in [0.15, 0.2) is 5.92 Å². The Morgan fingerprint density at radius 2 is 1.86 bits per heavy atom. The average Bonchev–Trinajstić information content (AvgIpc) is 2.29. The van der Waals surface area contributed by atoms with Crippen molar-refractivity contribution in [3.8, 4) is 0 Å². The fraction of sp³-hybridized carbons (Fsp3) is 0.500. The summed E-state index contributed by atoms with van der Waals surface area (Å²) in [6, 6.07) is 6.72. The lowest BCUT2D eigenvalue weighted by molar-refractivity contribution is -0.167. The van der Waals surface area contributed by atoms with Gasteiger partial charge in [-0.15, -0.1) is 0 Å². The van der Waals surface area contributed by atoms with Crippen LogP contribution in [0.1, 0.15) is 31.9 Å². The van der Waals surface area contributed by atoms with Crippen molar-refractivity contribution in [1.29, 1.82) is 0 Å². The van der Waals surface area contributed by atoms with Crippen LogP contribution in [-0.2, 0) is 20.7 Å². The molecular formula is C16H23NO4.